The molecule has 0 saturated heterocycles. The molecule has 0 saturated carbocycles. The van der Waals surface area contributed by atoms with E-state index in [4.69, 9.17) is 20.7 Å². The second kappa shape index (κ2) is 14.2. The lowest BCUT2D eigenvalue weighted by Crippen LogP contribution is -2.23. The number of ether oxygens (including phenoxy) is 1. The fraction of sp³-hybridized carbons (Fsp3) is 0.250. The Bertz CT molecular complexity index is 1440. The zero-order chi connectivity index (χ0) is 28.3. The molecule has 1 heterocycles. The zero-order valence-corrected chi connectivity index (χ0v) is 22.4. The topological polar surface area (TPSA) is 167 Å². The fourth-order valence-electron chi connectivity index (χ4n) is 3.56. The Morgan fingerprint density at radius 2 is 1.74 bits per heavy atom. The van der Waals surface area contributed by atoms with E-state index in [1.54, 1.807) is 48.5 Å². The van der Waals surface area contributed by atoms with Crippen LogP contribution in [0.25, 0.3) is 0 Å². The number of carbonyl (C=O) groups excluding carboxylic acids is 2. The van der Waals surface area contributed by atoms with Crippen molar-refractivity contribution in [3.8, 4) is 17.6 Å². The molecule has 6 N–H and O–H groups in total. The number of benzene rings is 2. The molecule has 3 rings (SSSR count). The van der Waals surface area contributed by atoms with Gasteiger partial charge >= 0.3 is 0 Å². The first-order valence-corrected chi connectivity index (χ1v) is 14.3. The van der Waals surface area contributed by atoms with Crippen molar-refractivity contribution in [2.45, 2.75) is 12.8 Å². The van der Waals surface area contributed by atoms with Crippen molar-refractivity contribution in [2.24, 2.45) is 4.36 Å². The van der Waals surface area contributed by atoms with Crippen LogP contribution in [0.2, 0.25) is 0 Å². The third-order valence-electron chi connectivity index (χ3n) is 5.58. The molecule has 0 aliphatic rings. The maximum Gasteiger partial charge on any atom is 0.284 e. The minimum atomic E-state index is -3.04. The molecule has 0 fully saturated rings. The second-order valence-electron chi connectivity index (χ2n) is 8.56. The van der Waals surface area contributed by atoms with Gasteiger partial charge in [0.2, 0.25) is 0 Å². The van der Waals surface area contributed by atoms with E-state index in [1.807, 2.05) is 0 Å². The van der Waals surface area contributed by atoms with Gasteiger partial charge in [0.05, 0.1) is 18.2 Å². The van der Waals surface area contributed by atoms with Crippen LogP contribution in [0.5, 0.6) is 5.75 Å². The van der Waals surface area contributed by atoms with Crippen molar-refractivity contribution in [2.75, 3.05) is 42.9 Å². The summed E-state index contributed by atoms with van der Waals surface area (Å²) in [5.41, 5.74) is 7.96. The van der Waals surface area contributed by atoms with Gasteiger partial charge in [-0.05, 0) is 55.3 Å². The smallest absolute Gasteiger partial charge is 0.284 e. The van der Waals surface area contributed by atoms with Crippen molar-refractivity contribution in [3.05, 3.63) is 83.0 Å². The van der Waals surface area contributed by atoms with Gasteiger partial charge in [0.25, 0.3) is 11.8 Å². The number of methoxy groups -OCH3 is 1. The molecule has 0 atom stereocenters. The SMILES string of the molecule is COc1cccc(C(=O)Nc2cccc(C#Cc3cc(C(=O)N=[SH](O)(CCCO)CCCO)cnc3N)c2)c1. The average Bonchev–Trinajstić information content (AvgIpc) is 2.94. The van der Waals surface area contributed by atoms with Crippen LogP contribution in [-0.4, -0.2) is 63.4 Å². The van der Waals surface area contributed by atoms with Gasteiger partial charge in [-0.15, -0.1) is 10.1 Å². The van der Waals surface area contributed by atoms with Crippen LogP contribution in [0.1, 0.15) is 44.7 Å². The van der Waals surface area contributed by atoms with Gasteiger partial charge < -0.3 is 30.6 Å². The van der Waals surface area contributed by atoms with Crippen LogP contribution < -0.4 is 15.8 Å². The van der Waals surface area contributed by atoms with Crippen molar-refractivity contribution in [3.63, 3.8) is 0 Å². The first kappa shape index (κ1) is 29.5. The Kier molecular flexibility index (Phi) is 10.7. The number of carbonyl (C=O) groups is 2. The number of rotatable bonds is 10. The van der Waals surface area contributed by atoms with Gasteiger partial charge in [-0.1, -0.05) is 24.0 Å². The Balaban J connectivity index is 1.81. The summed E-state index contributed by atoms with van der Waals surface area (Å²) in [6.07, 6.45) is 1.86. The summed E-state index contributed by atoms with van der Waals surface area (Å²) in [5.74, 6) is 5.94. The lowest BCUT2D eigenvalue weighted by molar-refractivity contribution is 0.100. The highest BCUT2D eigenvalue weighted by molar-refractivity contribution is 8.00. The van der Waals surface area contributed by atoms with E-state index in [9.17, 15) is 14.1 Å². The standard InChI is InChI=1S/C28H32N4O6S/c1-38-25-9-3-7-22(18-25)27(35)31-24-8-2-6-20(16-24)10-11-21-17-23(19-30-26(21)29)28(36)32-39(37,14-4-12-33)15-5-13-34/h2-3,6-9,16-19,33-34,39H,4-5,12-15H2,1H3,(H2,29,30)(H,31,35)(H,32,36,37). The lowest BCUT2D eigenvalue weighted by atomic mass is 10.1. The average molecular weight is 553 g/mol. The Hall–Kier alpha value is -4.08. The minimum Gasteiger partial charge on any atom is -0.497 e. The summed E-state index contributed by atoms with van der Waals surface area (Å²) in [5, 5.41) is 21.1. The zero-order valence-electron chi connectivity index (χ0n) is 21.5. The Morgan fingerprint density at radius 3 is 2.44 bits per heavy atom. The van der Waals surface area contributed by atoms with E-state index in [-0.39, 0.29) is 42.0 Å². The predicted molar refractivity (Wildman–Crippen MR) is 153 cm³/mol. The highest BCUT2D eigenvalue weighted by Crippen LogP contribution is 2.18. The van der Waals surface area contributed by atoms with Gasteiger partial charge in [0.15, 0.2) is 0 Å². The van der Waals surface area contributed by atoms with Crippen LogP contribution in [0.15, 0.2) is 65.2 Å². The molecule has 0 unspecified atom stereocenters. The molecule has 0 radical (unpaired) electrons. The van der Waals surface area contributed by atoms with Crippen LogP contribution in [0, 0.1) is 11.8 Å². The Morgan fingerprint density at radius 1 is 1.03 bits per heavy atom. The van der Waals surface area contributed by atoms with Gasteiger partial charge in [-0.25, -0.2) is 4.98 Å². The molecule has 10 nitrogen and oxygen atoms in total. The number of nitrogens with two attached hydrogens (primary N) is 1. The van der Waals surface area contributed by atoms with Crippen molar-refractivity contribution >= 4 is 33.4 Å². The van der Waals surface area contributed by atoms with Crippen molar-refractivity contribution in [1.82, 2.24) is 4.98 Å². The maximum absolute atomic E-state index is 12.8. The van der Waals surface area contributed by atoms with E-state index in [1.165, 1.54) is 19.4 Å². The van der Waals surface area contributed by atoms with E-state index >= 15 is 0 Å². The molecule has 2 amide bonds. The number of nitrogens with one attached hydrogen (secondary N) is 1. The number of hydrogen-bond donors (Lipinski definition) is 6. The molecule has 1 aromatic heterocycles. The Labute approximate surface area is 228 Å². The van der Waals surface area contributed by atoms with Gasteiger partial charge in [0.1, 0.15) is 11.6 Å². The minimum absolute atomic E-state index is 0.110. The number of nitrogen functional groups attached to an aromatic ring is 1. The normalized spacial score (nSPS) is 11.2. The molecule has 0 bridgehead atoms. The third kappa shape index (κ3) is 8.73. The van der Waals surface area contributed by atoms with Crippen LogP contribution >= 0.6 is 0 Å². The first-order valence-electron chi connectivity index (χ1n) is 12.2. The van der Waals surface area contributed by atoms with E-state index in [0.717, 1.165) is 0 Å². The lowest BCUT2D eigenvalue weighted by Gasteiger charge is -2.22. The number of anilines is 2. The number of aromatic nitrogens is 1. The highest BCUT2D eigenvalue weighted by atomic mass is 32.3. The summed E-state index contributed by atoms with van der Waals surface area (Å²) in [4.78, 5) is 29.5. The summed E-state index contributed by atoms with van der Waals surface area (Å²) >= 11 is 0. The van der Waals surface area contributed by atoms with Crippen LogP contribution in [-0.2, 0) is 10.1 Å². The van der Waals surface area contributed by atoms with E-state index in [2.05, 4.69) is 26.5 Å². The predicted octanol–water partition coefficient (Wildman–Crippen LogP) is 2.77. The highest BCUT2D eigenvalue weighted by Gasteiger charge is 2.15. The summed E-state index contributed by atoms with van der Waals surface area (Å²) < 4.78 is 20.1. The number of aliphatic hydroxyl groups excluding tert-OH is 2. The van der Waals surface area contributed by atoms with Crippen LogP contribution in [0.3, 0.4) is 0 Å². The maximum atomic E-state index is 12.8. The monoisotopic (exact) mass is 552 g/mol. The van der Waals surface area contributed by atoms with Crippen molar-refractivity contribution in [1.29, 1.82) is 0 Å². The first-order chi connectivity index (χ1) is 18.8. The molecule has 39 heavy (non-hydrogen) atoms. The molecule has 206 valence electrons. The summed E-state index contributed by atoms with van der Waals surface area (Å²) in [6, 6.07) is 15.2. The number of pyridine rings is 1. The van der Waals surface area contributed by atoms with Gasteiger partial charge in [-0.2, -0.15) is 4.36 Å². The summed E-state index contributed by atoms with van der Waals surface area (Å²) in [6.45, 7) is -0.277. The van der Waals surface area contributed by atoms with Gasteiger partial charge in [-0.3, -0.25) is 9.59 Å². The van der Waals surface area contributed by atoms with E-state index < -0.39 is 16.0 Å². The number of amides is 2. The number of aliphatic hydroxyl groups is 2. The number of hydrogen-bond acceptors (Lipinski definition) is 7. The number of thiol groups is 1. The molecular formula is C28H32N4O6S. The van der Waals surface area contributed by atoms with Crippen LogP contribution in [0.4, 0.5) is 11.5 Å². The van der Waals surface area contributed by atoms with Gasteiger partial charge in [0, 0.05) is 47.7 Å². The van der Waals surface area contributed by atoms with Crippen molar-refractivity contribution < 1.29 is 29.1 Å². The summed E-state index contributed by atoms with van der Waals surface area (Å²) in [7, 11) is -1.51. The second-order valence-corrected chi connectivity index (χ2v) is 11.4. The molecule has 0 spiro atoms. The number of nitrogens with zero attached hydrogens (tertiary/aromatic N) is 2. The molecule has 2 aromatic carbocycles. The molecule has 3 aromatic rings. The van der Waals surface area contributed by atoms with E-state index in [0.29, 0.717) is 41.0 Å². The molecular weight excluding hydrogens is 520 g/mol. The molecule has 0 aliphatic carbocycles. The molecule has 0 aliphatic heterocycles. The fourth-order valence-corrected chi connectivity index (χ4v) is 5.73. The largest absolute Gasteiger partial charge is 0.497 e. The molecule has 11 heteroatoms. The third-order valence-corrected chi connectivity index (χ3v) is 8.20. The quantitative estimate of drug-likeness (QED) is 0.165.